The normalized spacial score (nSPS) is 34.7. The quantitative estimate of drug-likeness (QED) is 0.250. The molecule has 4 aliphatic rings. The van der Waals surface area contributed by atoms with Crippen LogP contribution in [0.4, 0.5) is 0 Å². The molecule has 0 amide bonds. The van der Waals surface area contributed by atoms with Gasteiger partial charge in [-0.05, 0) is 88.5 Å². The molecule has 1 N–H and O–H groups in total. The first kappa shape index (κ1) is 25.8. The first-order chi connectivity index (χ1) is 16.7. The SMILES string of the molecule is CC#CCC(C)CC=C(OC1CCCCO1)[C@@H]1[C@@H]2CC(CCO)=C[C@@H]2C[C@H]1OC1CCCCO1. The van der Waals surface area contributed by atoms with Crippen molar-refractivity contribution in [2.24, 2.45) is 23.7 Å². The predicted molar refractivity (Wildman–Crippen MR) is 133 cm³/mol. The van der Waals surface area contributed by atoms with Crippen LogP contribution >= 0.6 is 0 Å². The molecule has 2 aliphatic heterocycles. The Hall–Kier alpha value is -1.32. The largest absolute Gasteiger partial charge is 0.469 e. The van der Waals surface area contributed by atoms with Crippen LogP contribution in [-0.2, 0) is 18.9 Å². The zero-order valence-electron chi connectivity index (χ0n) is 21.2. The maximum absolute atomic E-state index is 9.52. The lowest BCUT2D eigenvalue weighted by atomic mass is 9.86. The van der Waals surface area contributed by atoms with Crippen molar-refractivity contribution >= 4 is 0 Å². The van der Waals surface area contributed by atoms with Crippen molar-refractivity contribution < 1.29 is 24.1 Å². The van der Waals surface area contributed by atoms with Gasteiger partial charge in [0.05, 0.1) is 12.7 Å². The Morgan fingerprint density at radius 1 is 1.18 bits per heavy atom. The maximum Gasteiger partial charge on any atom is 0.199 e. The van der Waals surface area contributed by atoms with Gasteiger partial charge in [-0.15, -0.1) is 11.8 Å². The van der Waals surface area contributed by atoms with E-state index in [1.165, 1.54) is 12.0 Å². The van der Waals surface area contributed by atoms with Crippen LogP contribution in [0.3, 0.4) is 0 Å². The van der Waals surface area contributed by atoms with Gasteiger partial charge in [-0.25, -0.2) is 0 Å². The number of aliphatic hydroxyl groups excluding tert-OH is 1. The van der Waals surface area contributed by atoms with Gasteiger partial charge in [0.2, 0.25) is 0 Å². The van der Waals surface area contributed by atoms with Gasteiger partial charge in [0, 0.05) is 32.0 Å². The van der Waals surface area contributed by atoms with E-state index in [-0.39, 0.29) is 31.2 Å². The van der Waals surface area contributed by atoms with Crippen LogP contribution in [0.25, 0.3) is 0 Å². The van der Waals surface area contributed by atoms with E-state index in [0.29, 0.717) is 17.8 Å². The van der Waals surface area contributed by atoms with E-state index < -0.39 is 0 Å². The highest BCUT2D eigenvalue weighted by Gasteiger charge is 2.49. The van der Waals surface area contributed by atoms with Crippen LogP contribution in [0.15, 0.2) is 23.5 Å². The van der Waals surface area contributed by atoms with Gasteiger partial charge in [0.25, 0.3) is 0 Å². The lowest BCUT2D eigenvalue weighted by molar-refractivity contribution is -0.200. The molecule has 5 nitrogen and oxygen atoms in total. The van der Waals surface area contributed by atoms with E-state index in [4.69, 9.17) is 18.9 Å². The van der Waals surface area contributed by atoms with Crippen molar-refractivity contribution in [2.75, 3.05) is 19.8 Å². The van der Waals surface area contributed by atoms with Gasteiger partial charge in [-0.1, -0.05) is 18.6 Å². The summed E-state index contributed by atoms with van der Waals surface area (Å²) in [6.45, 7) is 5.95. The van der Waals surface area contributed by atoms with Gasteiger partial charge in [-0.3, -0.25) is 0 Å². The topological polar surface area (TPSA) is 57.2 Å². The predicted octanol–water partition coefficient (Wildman–Crippen LogP) is 5.73. The number of hydrogen-bond acceptors (Lipinski definition) is 5. The Balaban J connectivity index is 1.55. The molecule has 2 heterocycles. The van der Waals surface area contributed by atoms with Crippen LogP contribution in [0.5, 0.6) is 0 Å². The number of hydrogen-bond donors (Lipinski definition) is 1. The highest BCUT2D eigenvalue weighted by atomic mass is 16.7. The summed E-state index contributed by atoms with van der Waals surface area (Å²) in [6.07, 6.45) is 15.6. The van der Waals surface area contributed by atoms with E-state index in [1.807, 2.05) is 6.92 Å². The molecule has 0 aromatic heterocycles. The molecule has 2 saturated heterocycles. The minimum atomic E-state index is -0.164. The number of rotatable bonds is 10. The summed E-state index contributed by atoms with van der Waals surface area (Å²) in [5.74, 6) is 8.90. The molecule has 2 aliphatic carbocycles. The fraction of sp³-hybridized carbons (Fsp3) is 0.793. The van der Waals surface area contributed by atoms with Gasteiger partial charge < -0.3 is 24.1 Å². The maximum atomic E-state index is 9.52. The van der Waals surface area contributed by atoms with Crippen molar-refractivity contribution in [3.05, 3.63) is 23.5 Å². The average molecular weight is 473 g/mol. The fourth-order valence-corrected chi connectivity index (χ4v) is 6.05. The Kier molecular flexibility index (Phi) is 9.94. The molecule has 0 aromatic rings. The van der Waals surface area contributed by atoms with Crippen LogP contribution < -0.4 is 0 Å². The second kappa shape index (κ2) is 13.1. The molecule has 1 saturated carbocycles. The Morgan fingerprint density at radius 3 is 2.62 bits per heavy atom. The van der Waals surface area contributed by atoms with Crippen LogP contribution in [0.2, 0.25) is 0 Å². The molecule has 0 bridgehead atoms. The van der Waals surface area contributed by atoms with Crippen LogP contribution in [0, 0.1) is 35.5 Å². The summed E-state index contributed by atoms with van der Waals surface area (Å²) in [4.78, 5) is 0. The van der Waals surface area contributed by atoms with Crippen LogP contribution in [-0.4, -0.2) is 43.6 Å². The third kappa shape index (κ3) is 6.88. The summed E-state index contributed by atoms with van der Waals surface area (Å²) in [5.41, 5.74) is 1.38. The fourth-order valence-electron chi connectivity index (χ4n) is 6.05. The first-order valence-electron chi connectivity index (χ1n) is 13.6. The number of allylic oxidation sites excluding steroid dienone is 2. The van der Waals surface area contributed by atoms with Gasteiger partial charge in [0.15, 0.2) is 12.6 Å². The highest BCUT2D eigenvalue weighted by molar-refractivity contribution is 5.23. The molecule has 4 rings (SSSR count). The zero-order valence-corrected chi connectivity index (χ0v) is 21.2. The zero-order chi connectivity index (χ0) is 23.8. The number of aliphatic hydroxyl groups is 1. The number of ether oxygens (including phenoxy) is 4. The highest BCUT2D eigenvalue weighted by Crippen LogP contribution is 2.52. The lowest BCUT2D eigenvalue weighted by Crippen LogP contribution is -2.34. The molecule has 190 valence electrons. The average Bonchev–Trinajstić information content (AvgIpc) is 3.38. The minimum absolute atomic E-state index is 0.0885. The van der Waals surface area contributed by atoms with Crippen molar-refractivity contribution in [3.8, 4) is 11.8 Å². The molecule has 0 spiro atoms. The lowest BCUT2D eigenvalue weighted by Gasteiger charge is -2.34. The standard InChI is InChI=1S/C29H44O5/c1-3-4-9-21(2)12-13-25(33-27-10-5-7-16-31-27)29-24-19-22(14-15-30)18-23(24)20-26(29)34-28-11-6-8-17-32-28/h13,18,21,23-24,26-30H,5-12,14-17,19-20H2,1-2H3/t21?,23-,24-,26-,27?,28?,29+/m1/s1. The van der Waals surface area contributed by atoms with E-state index in [9.17, 15) is 5.11 Å². The summed E-state index contributed by atoms with van der Waals surface area (Å²) < 4.78 is 25.3. The third-order valence-corrected chi connectivity index (χ3v) is 7.84. The smallest absolute Gasteiger partial charge is 0.199 e. The van der Waals surface area contributed by atoms with Crippen molar-refractivity contribution in [1.29, 1.82) is 0 Å². The summed E-state index contributed by atoms with van der Waals surface area (Å²) in [7, 11) is 0. The second-order valence-corrected chi connectivity index (χ2v) is 10.6. The molecule has 7 atom stereocenters. The van der Waals surface area contributed by atoms with Crippen LogP contribution in [0.1, 0.15) is 84.5 Å². The third-order valence-electron chi connectivity index (χ3n) is 7.84. The Bertz CT molecular complexity index is 750. The van der Waals surface area contributed by atoms with Crippen molar-refractivity contribution in [2.45, 2.75) is 103 Å². The molecular formula is C29H44O5. The van der Waals surface area contributed by atoms with Gasteiger partial charge >= 0.3 is 0 Å². The summed E-state index contributed by atoms with van der Waals surface area (Å²) in [6, 6.07) is 0. The molecule has 0 radical (unpaired) electrons. The first-order valence-corrected chi connectivity index (χ1v) is 13.6. The van der Waals surface area contributed by atoms with E-state index in [1.54, 1.807) is 0 Å². The van der Waals surface area contributed by atoms with E-state index in [0.717, 1.165) is 83.2 Å². The number of fused-ring (bicyclic) bond motifs is 1. The summed E-state index contributed by atoms with van der Waals surface area (Å²) >= 11 is 0. The van der Waals surface area contributed by atoms with Crippen molar-refractivity contribution in [1.82, 2.24) is 0 Å². The minimum Gasteiger partial charge on any atom is -0.469 e. The van der Waals surface area contributed by atoms with Gasteiger partial charge in [-0.2, -0.15) is 0 Å². The summed E-state index contributed by atoms with van der Waals surface area (Å²) in [5, 5.41) is 9.52. The molecule has 34 heavy (non-hydrogen) atoms. The Morgan fingerprint density at radius 2 is 1.94 bits per heavy atom. The van der Waals surface area contributed by atoms with E-state index in [2.05, 4.69) is 30.9 Å². The molecule has 0 aromatic carbocycles. The van der Waals surface area contributed by atoms with E-state index >= 15 is 0 Å². The molecule has 3 unspecified atom stereocenters. The van der Waals surface area contributed by atoms with Crippen molar-refractivity contribution in [3.63, 3.8) is 0 Å². The molecule has 3 fully saturated rings. The Labute approximate surface area is 206 Å². The molecule has 5 heteroatoms. The van der Waals surface area contributed by atoms with Gasteiger partial charge in [0.1, 0.15) is 5.76 Å². The molecular weight excluding hydrogens is 428 g/mol. The second-order valence-electron chi connectivity index (χ2n) is 10.6. The monoisotopic (exact) mass is 472 g/mol.